The molecule has 5 heteroatoms. The molecule has 0 unspecified atom stereocenters. The molecule has 0 amide bonds. The molecule has 0 aromatic rings. The molecule has 0 radical (unpaired) electrons. The second kappa shape index (κ2) is 9.44. The summed E-state index contributed by atoms with van der Waals surface area (Å²) in [6.45, 7) is 9.73. The summed E-state index contributed by atoms with van der Waals surface area (Å²) in [5.74, 6) is -1.73. The molecule has 4 nitrogen and oxygen atoms in total. The van der Waals surface area contributed by atoms with E-state index in [9.17, 15) is 9.18 Å². The van der Waals surface area contributed by atoms with Crippen molar-refractivity contribution in [1.29, 1.82) is 0 Å². The third-order valence-electron chi connectivity index (χ3n) is 0.884. The lowest BCUT2D eigenvalue weighted by Crippen LogP contribution is -2.20. The van der Waals surface area contributed by atoms with Crippen LogP contribution in [0.4, 0.5) is 4.39 Å². The fraction of sp³-hybridized carbons (Fsp3) is 0.333. The highest BCUT2D eigenvalue weighted by molar-refractivity contribution is 5.69. The molecule has 0 bridgehead atoms. The highest BCUT2D eigenvalue weighted by Gasteiger charge is 1.97. The Kier molecular flexibility index (Phi) is 10.0. The highest BCUT2D eigenvalue weighted by atomic mass is 19.1. The quantitative estimate of drug-likeness (QED) is 0.527. The maximum atomic E-state index is 12.1. The number of carbonyl (C=O) groups is 1. The van der Waals surface area contributed by atoms with E-state index in [1.165, 1.54) is 0 Å². The summed E-state index contributed by atoms with van der Waals surface area (Å²) >= 11 is 0. The Bertz CT molecular complexity index is 237. The van der Waals surface area contributed by atoms with Gasteiger partial charge in [-0.15, -0.1) is 0 Å². The second-order valence-electron chi connectivity index (χ2n) is 1.88. The molecule has 0 saturated heterocycles. The van der Waals surface area contributed by atoms with Crippen LogP contribution in [0, 0.1) is 0 Å². The Balaban J connectivity index is 0. The molecule has 0 aliphatic rings. The van der Waals surface area contributed by atoms with Gasteiger partial charge < -0.3 is 10.4 Å². The summed E-state index contributed by atoms with van der Waals surface area (Å²) in [6, 6.07) is 0. The maximum Gasteiger partial charge on any atom is 0.322 e. The van der Waals surface area contributed by atoms with Crippen molar-refractivity contribution in [3.05, 3.63) is 24.3 Å². The first-order valence-electron chi connectivity index (χ1n) is 4.04. The number of hydrogen-bond donors (Lipinski definition) is 2. The Morgan fingerprint density at radius 3 is 2.43 bits per heavy atom. The molecule has 0 fully saturated rings. The minimum absolute atomic E-state index is 0.0462. The molecule has 0 aliphatic carbocycles. The number of nitrogens with zero attached hydrogens (tertiary/aromatic N) is 1. The minimum Gasteiger partial charge on any atom is -0.480 e. The van der Waals surface area contributed by atoms with E-state index in [0.29, 0.717) is 0 Å². The molecule has 0 saturated carbocycles. The van der Waals surface area contributed by atoms with Gasteiger partial charge in [0.15, 0.2) is 0 Å². The first-order chi connectivity index (χ1) is 6.56. The van der Waals surface area contributed by atoms with Gasteiger partial charge in [0.2, 0.25) is 0 Å². The third kappa shape index (κ3) is 10.3. The van der Waals surface area contributed by atoms with E-state index >= 15 is 0 Å². The number of carboxylic acids is 1. The predicted molar refractivity (Wildman–Crippen MR) is 54.9 cm³/mol. The Morgan fingerprint density at radius 1 is 1.64 bits per heavy atom. The van der Waals surface area contributed by atoms with Crippen LogP contribution in [-0.2, 0) is 4.79 Å². The summed E-state index contributed by atoms with van der Waals surface area (Å²) in [5.41, 5.74) is 0. The van der Waals surface area contributed by atoms with Crippen LogP contribution in [-0.4, -0.2) is 24.3 Å². The predicted octanol–water partition coefficient (Wildman–Crippen LogP) is 1.71. The molecule has 0 aromatic carbocycles. The van der Waals surface area contributed by atoms with Gasteiger partial charge in [-0.3, -0.25) is 4.79 Å². The lowest BCUT2D eigenvalue weighted by Gasteiger charge is -2.00. The minimum atomic E-state index is -1.06. The standard InChI is InChI=1S/C7H9FN2O2.C2H6/c1-5(8)3-6(9-2)10-4-7(11)12;1-2/h3,10H,1-2,4H2,(H,11,12);1-2H3/b6-3+;. The zero-order valence-corrected chi connectivity index (χ0v) is 8.38. The van der Waals surface area contributed by atoms with Crippen LogP contribution in [0.25, 0.3) is 0 Å². The smallest absolute Gasteiger partial charge is 0.322 e. The van der Waals surface area contributed by atoms with Gasteiger partial charge in [-0.25, -0.2) is 9.38 Å². The normalized spacial score (nSPS) is 9.50. The lowest BCUT2D eigenvalue weighted by molar-refractivity contribution is -0.135. The largest absolute Gasteiger partial charge is 0.480 e. The highest BCUT2D eigenvalue weighted by Crippen LogP contribution is 1.98. The zero-order valence-electron chi connectivity index (χ0n) is 8.38. The molecule has 0 aliphatic heterocycles. The SMILES string of the molecule is C=N/C(=C\C(=C)F)NCC(=O)O.CC. The number of aliphatic carboxylic acids is 1. The van der Waals surface area contributed by atoms with Crippen molar-refractivity contribution in [2.45, 2.75) is 13.8 Å². The van der Waals surface area contributed by atoms with Gasteiger partial charge >= 0.3 is 5.97 Å². The van der Waals surface area contributed by atoms with Gasteiger partial charge in [-0.05, 0) is 6.72 Å². The van der Waals surface area contributed by atoms with E-state index in [2.05, 4.69) is 23.6 Å². The van der Waals surface area contributed by atoms with Crippen molar-refractivity contribution in [3.8, 4) is 0 Å². The monoisotopic (exact) mass is 202 g/mol. The Labute approximate surface area is 82.9 Å². The van der Waals surface area contributed by atoms with Crippen LogP contribution >= 0.6 is 0 Å². The van der Waals surface area contributed by atoms with Crippen molar-refractivity contribution in [2.24, 2.45) is 4.99 Å². The molecule has 80 valence electrons. The van der Waals surface area contributed by atoms with Gasteiger partial charge in [-0.2, -0.15) is 0 Å². The Morgan fingerprint density at radius 2 is 2.14 bits per heavy atom. The van der Waals surface area contributed by atoms with Crippen molar-refractivity contribution in [2.75, 3.05) is 6.54 Å². The molecule has 0 atom stereocenters. The molecular weight excluding hydrogens is 187 g/mol. The lowest BCUT2D eigenvalue weighted by atomic mass is 10.5. The van der Waals surface area contributed by atoms with Crippen LogP contribution in [0.15, 0.2) is 29.3 Å². The molecule has 0 rings (SSSR count). The van der Waals surface area contributed by atoms with E-state index < -0.39 is 11.8 Å². The summed E-state index contributed by atoms with van der Waals surface area (Å²) in [6.07, 6.45) is 0.954. The summed E-state index contributed by atoms with van der Waals surface area (Å²) < 4.78 is 12.1. The van der Waals surface area contributed by atoms with Crippen LogP contribution in [0.2, 0.25) is 0 Å². The molecule has 14 heavy (non-hydrogen) atoms. The van der Waals surface area contributed by atoms with E-state index in [1.54, 1.807) is 0 Å². The van der Waals surface area contributed by atoms with Crippen molar-refractivity contribution >= 4 is 12.7 Å². The maximum absolute atomic E-state index is 12.1. The molecule has 0 heterocycles. The van der Waals surface area contributed by atoms with Gasteiger partial charge in [-0.1, -0.05) is 20.4 Å². The molecule has 2 N–H and O–H groups in total. The van der Waals surface area contributed by atoms with E-state index in [1.807, 2.05) is 13.8 Å². The number of rotatable bonds is 5. The first kappa shape index (κ1) is 14.9. The summed E-state index contributed by atoms with van der Waals surface area (Å²) in [4.78, 5) is 13.4. The zero-order chi connectivity index (χ0) is 11.6. The fourth-order valence-electron chi connectivity index (χ4n) is 0.467. The van der Waals surface area contributed by atoms with E-state index in [-0.39, 0.29) is 12.4 Å². The number of hydrogen-bond acceptors (Lipinski definition) is 3. The van der Waals surface area contributed by atoms with Crippen LogP contribution in [0.5, 0.6) is 0 Å². The third-order valence-corrected chi connectivity index (χ3v) is 0.884. The molecule has 0 spiro atoms. The van der Waals surface area contributed by atoms with E-state index in [0.717, 1.165) is 6.08 Å². The Hall–Kier alpha value is -1.65. The van der Waals surface area contributed by atoms with E-state index in [4.69, 9.17) is 5.11 Å². The van der Waals surface area contributed by atoms with Crippen molar-refractivity contribution < 1.29 is 14.3 Å². The van der Waals surface area contributed by atoms with Crippen LogP contribution < -0.4 is 5.32 Å². The van der Waals surface area contributed by atoms with Gasteiger partial charge in [0.05, 0.1) is 0 Å². The number of nitrogens with one attached hydrogen (secondary N) is 1. The second-order valence-corrected chi connectivity index (χ2v) is 1.88. The van der Waals surface area contributed by atoms with Crippen molar-refractivity contribution in [1.82, 2.24) is 5.32 Å². The van der Waals surface area contributed by atoms with Crippen molar-refractivity contribution in [3.63, 3.8) is 0 Å². The molecule has 0 aromatic heterocycles. The summed E-state index contributed by atoms with van der Waals surface area (Å²) in [7, 11) is 0. The van der Waals surface area contributed by atoms with Gasteiger partial charge in [0.25, 0.3) is 0 Å². The average Bonchev–Trinajstić information content (AvgIpc) is 2.14. The number of halogens is 1. The van der Waals surface area contributed by atoms with Crippen LogP contribution in [0.1, 0.15) is 13.8 Å². The van der Waals surface area contributed by atoms with Gasteiger partial charge in [0, 0.05) is 6.08 Å². The fourth-order valence-corrected chi connectivity index (χ4v) is 0.467. The number of aliphatic imine (C=N–C) groups is 1. The van der Waals surface area contributed by atoms with Gasteiger partial charge in [0.1, 0.15) is 18.2 Å². The first-order valence-corrected chi connectivity index (χ1v) is 4.04. The number of carboxylic acid groups (broad SMARTS) is 1. The molecular formula is C9H15FN2O2. The topological polar surface area (TPSA) is 61.7 Å². The summed E-state index contributed by atoms with van der Waals surface area (Å²) in [5, 5.41) is 10.6. The number of allylic oxidation sites excluding steroid dienone is 2. The average molecular weight is 202 g/mol. The van der Waals surface area contributed by atoms with Crippen LogP contribution in [0.3, 0.4) is 0 Å².